The lowest BCUT2D eigenvalue weighted by Gasteiger charge is -2.37. The van der Waals surface area contributed by atoms with E-state index in [4.69, 9.17) is 28.4 Å². The van der Waals surface area contributed by atoms with Crippen molar-refractivity contribution in [2.75, 3.05) is 48.2 Å². The number of hydrogen-bond acceptors (Lipinski definition) is 8. The molecule has 6 bridgehead atoms. The number of fused-ring (bicyclic) bond motifs is 3. The van der Waals surface area contributed by atoms with E-state index in [9.17, 15) is 0 Å². The molecule has 0 saturated heterocycles. The zero-order chi connectivity index (χ0) is 30.7. The molecule has 0 amide bonds. The Balaban J connectivity index is 1.34. The number of ether oxygens (including phenoxy) is 6. The molecule has 5 aliphatic heterocycles. The highest BCUT2D eigenvalue weighted by atomic mass is 16.7. The zero-order valence-electron chi connectivity index (χ0n) is 26.2. The number of rotatable bonds is 2. The molecule has 4 aromatic rings. The molecule has 232 valence electrons. The van der Waals surface area contributed by atoms with Crippen molar-refractivity contribution >= 4 is 0 Å². The first kappa shape index (κ1) is 28.1. The van der Waals surface area contributed by atoms with E-state index < -0.39 is 0 Å². The lowest BCUT2D eigenvalue weighted by Crippen LogP contribution is -2.34. The third kappa shape index (κ3) is 4.93. The maximum absolute atomic E-state index is 7.00. The summed E-state index contributed by atoms with van der Waals surface area (Å²) in [6.07, 6.45) is 3.43. The normalized spacial score (nSPS) is 20.4. The van der Waals surface area contributed by atoms with Crippen LogP contribution in [0.5, 0.6) is 46.0 Å². The molecule has 8 heteroatoms. The van der Waals surface area contributed by atoms with Gasteiger partial charge in [0.05, 0.1) is 14.2 Å². The van der Waals surface area contributed by atoms with Crippen LogP contribution in [0.4, 0.5) is 0 Å². The molecule has 0 spiro atoms. The van der Waals surface area contributed by atoms with Crippen LogP contribution in [0.2, 0.25) is 0 Å². The highest BCUT2D eigenvalue weighted by molar-refractivity contribution is 5.64. The lowest BCUT2D eigenvalue weighted by molar-refractivity contribution is 0.171. The van der Waals surface area contributed by atoms with Crippen molar-refractivity contribution in [3.63, 3.8) is 0 Å². The summed E-state index contributed by atoms with van der Waals surface area (Å²) in [4.78, 5) is 4.83. The highest BCUT2D eigenvalue weighted by Crippen LogP contribution is 2.53. The predicted octanol–water partition coefficient (Wildman–Crippen LogP) is 6.87. The van der Waals surface area contributed by atoms with Crippen LogP contribution in [0.25, 0.3) is 0 Å². The topological polar surface area (TPSA) is 61.9 Å². The largest absolute Gasteiger partial charge is 0.493 e. The van der Waals surface area contributed by atoms with Gasteiger partial charge in [0.25, 0.3) is 0 Å². The molecule has 9 rings (SSSR count). The van der Waals surface area contributed by atoms with Crippen LogP contribution < -0.4 is 28.4 Å². The van der Waals surface area contributed by atoms with Crippen molar-refractivity contribution in [2.24, 2.45) is 0 Å². The molecule has 8 nitrogen and oxygen atoms in total. The molecule has 0 N–H and O–H groups in total. The minimum absolute atomic E-state index is 0.0724. The van der Waals surface area contributed by atoms with Crippen molar-refractivity contribution in [3.05, 3.63) is 94.0 Å². The second kappa shape index (κ2) is 11.2. The van der Waals surface area contributed by atoms with E-state index in [0.29, 0.717) is 28.7 Å². The van der Waals surface area contributed by atoms with Gasteiger partial charge in [0, 0.05) is 30.7 Å². The number of nitrogens with zero attached hydrogens (tertiary/aromatic N) is 2. The Morgan fingerprint density at radius 3 is 2.16 bits per heavy atom. The van der Waals surface area contributed by atoms with Crippen molar-refractivity contribution in [2.45, 2.75) is 37.8 Å². The van der Waals surface area contributed by atoms with Crippen LogP contribution in [0, 0.1) is 0 Å². The van der Waals surface area contributed by atoms with E-state index in [-0.39, 0.29) is 18.9 Å². The molecule has 0 saturated carbocycles. The van der Waals surface area contributed by atoms with Crippen LogP contribution in [0.1, 0.15) is 45.5 Å². The Morgan fingerprint density at radius 1 is 0.644 bits per heavy atom. The standard InChI is InChI=1S/C37H38N2O6/c1-38-13-11-24-18-31(41-4)33-20-27(24)28(38)16-23-7-10-30(40-3)32(17-23)44-26-8-5-22(6-9-26)15-29-35-25(12-14-39(29)2)19-34-36(37(35)45-33)43-21-42-34/h5-10,17-20,28-29H,11-16,21H2,1-4H3/t28-,29+/m0/s1. The van der Waals surface area contributed by atoms with Crippen LogP contribution in [-0.4, -0.2) is 58.0 Å². The van der Waals surface area contributed by atoms with Gasteiger partial charge in [0.1, 0.15) is 5.75 Å². The summed E-state index contributed by atoms with van der Waals surface area (Å²) in [6.45, 7) is 2.06. The minimum atomic E-state index is 0.0724. The lowest BCUT2D eigenvalue weighted by atomic mass is 9.87. The SMILES string of the molecule is COc1ccc2cc1Oc1ccc(cc1)C[C@@H]1c3c(cc4c(c3Oc3cc5c(cc3OC)CCN(C)[C@H]5C2)OCO4)CCN1C. The first-order chi connectivity index (χ1) is 22.0. The first-order valence-corrected chi connectivity index (χ1v) is 15.7. The maximum Gasteiger partial charge on any atom is 0.231 e. The molecule has 0 unspecified atom stereocenters. The van der Waals surface area contributed by atoms with Crippen molar-refractivity contribution in [3.8, 4) is 46.0 Å². The van der Waals surface area contributed by atoms with Gasteiger partial charge in [-0.15, -0.1) is 0 Å². The fourth-order valence-electron chi connectivity index (χ4n) is 7.33. The van der Waals surface area contributed by atoms with Gasteiger partial charge in [-0.3, -0.25) is 9.80 Å². The predicted molar refractivity (Wildman–Crippen MR) is 171 cm³/mol. The second-order valence-electron chi connectivity index (χ2n) is 12.4. The van der Waals surface area contributed by atoms with Gasteiger partial charge in [0.2, 0.25) is 12.5 Å². The highest BCUT2D eigenvalue weighted by Gasteiger charge is 2.36. The number of hydrogen-bond donors (Lipinski definition) is 0. The molecular formula is C37H38N2O6. The average molecular weight is 607 g/mol. The van der Waals surface area contributed by atoms with Gasteiger partial charge >= 0.3 is 0 Å². The number of benzene rings is 4. The quantitative estimate of drug-likeness (QED) is 0.245. The van der Waals surface area contributed by atoms with Crippen LogP contribution >= 0.6 is 0 Å². The summed E-state index contributed by atoms with van der Waals surface area (Å²) in [5.41, 5.74) is 7.25. The maximum atomic E-state index is 7.00. The number of methoxy groups -OCH3 is 2. The van der Waals surface area contributed by atoms with Crippen molar-refractivity contribution in [1.82, 2.24) is 9.80 Å². The van der Waals surface area contributed by atoms with E-state index in [2.05, 4.69) is 66.4 Å². The summed E-state index contributed by atoms with van der Waals surface area (Å²) < 4.78 is 37.1. The third-order valence-corrected chi connectivity index (χ3v) is 9.84. The van der Waals surface area contributed by atoms with E-state index in [1.54, 1.807) is 14.2 Å². The molecule has 0 radical (unpaired) electrons. The van der Waals surface area contributed by atoms with Gasteiger partial charge in [-0.1, -0.05) is 18.2 Å². The van der Waals surface area contributed by atoms with Crippen LogP contribution in [0.15, 0.2) is 60.7 Å². The fraction of sp³-hybridized carbons (Fsp3) is 0.351. The average Bonchev–Trinajstić information content (AvgIpc) is 3.53. The Morgan fingerprint density at radius 2 is 1.36 bits per heavy atom. The molecule has 5 aliphatic rings. The summed E-state index contributed by atoms with van der Waals surface area (Å²) in [5, 5.41) is 0. The van der Waals surface area contributed by atoms with Crippen molar-refractivity contribution < 1.29 is 28.4 Å². The van der Waals surface area contributed by atoms with Gasteiger partial charge in [0.15, 0.2) is 34.5 Å². The summed E-state index contributed by atoms with van der Waals surface area (Å²) in [5.74, 6) is 5.71. The first-order valence-electron chi connectivity index (χ1n) is 15.7. The summed E-state index contributed by atoms with van der Waals surface area (Å²) >= 11 is 0. The zero-order valence-corrected chi connectivity index (χ0v) is 26.2. The van der Waals surface area contributed by atoms with Gasteiger partial charge in [-0.25, -0.2) is 0 Å². The summed E-state index contributed by atoms with van der Waals surface area (Å²) in [6, 6.07) is 21.3. The minimum Gasteiger partial charge on any atom is -0.493 e. The van der Waals surface area contributed by atoms with Crippen LogP contribution in [-0.2, 0) is 25.7 Å². The summed E-state index contributed by atoms with van der Waals surface area (Å²) in [7, 11) is 7.77. The third-order valence-electron chi connectivity index (χ3n) is 9.84. The van der Waals surface area contributed by atoms with E-state index in [1.807, 2.05) is 18.2 Å². The van der Waals surface area contributed by atoms with Crippen molar-refractivity contribution in [1.29, 1.82) is 0 Å². The molecule has 0 fully saturated rings. The van der Waals surface area contributed by atoms with Gasteiger partial charge in [-0.05, 0) is 110 Å². The van der Waals surface area contributed by atoms with Crippen LogP contribution in [0.3, 0.4) is 0 Å². The second-order valence-corrected chi connectivity index (χ2v) is 12.4. The van der Waals surface area contributed by atoms with E-state index >= 15 is 0 Å². The Hall–Kier alpha value is -4.40. The molecular weight excluding hydrogens is 568 g/mol. The fourth-order valence-corrected chi connectivity index (χ4v) is 7.33. The molecule has 0 aliphatic carbocycles. The molecule has 4 aromatic carbocycles. The Bertz CT molecular complexity index is 1770. The molecule has 5 heterocycles. The Labute approximate surface area is 264 Å². The smallest absolute Gasteiger partial charge is 0.231 e. The van der Waals surface area contributed by atoms with Gasteiger partial charge in [-0.2, -0.15) is 0 Å². The van der Waals surface area contributed by atoms with Gasteiger partial charge < -0.3 is 28.4 Å². The molecule has 0 aromatic heterocycles. The van der Waals surface area contributed by atoms with E-state index in [1.165, 1.54) is 22.3 Å². The van der Waals surface area contributed by atoms with E-state index in [0.717, 1.165) is 67.1 Å². The Kier molecular flexibility index (Phi) is 6.99. The molecule has 45 heavy (non-hydrogen) atoms. The monoisotopic (exact) mass is 606 g/mol. The molecule has 2 atom stereocenters. The number of likely N-dealkylation sites (N-methyl/N-ethyl adjacent to an activating group) is 2.